The predicted molar refractivity (Wildman–Crippen MR) is 103 cm³/mol. The van der Waals surface area contributed by atoms with Crippen molar-refractivity contribution in [3.8, 4) is 11.5 Å². The number of hydrogen-bond donors (Lipinski definition) is 0. The van der Waals surface area contributed by atoms with Crippen LogP contribution in [0.3, 0.4) is 0 Å². The van der Waals surface area contributed by atoms with Crippen LogP contribution in [0.25, 0.3) is 0 Å². The molecule has 0 aliphatic carbocycles. The third-order valence-corrected chi connectivity index (χ3v) is 5.95. The Morgan fingerprint density at radius 2 is 1.65 bits per heavy atom. The molecule has 4 nitrogen and oxygen atoms in total. The number of hydrogen-bond acceptors (Lipinski definition) is 4. The van der Waals surface area contributed by atoms with Gasteiger partial charge in [-0.3, -0.25) is 4.90 Å². The minimum Gasteiger partial charge on any atom is -0.486 e. The molecule has 4 heteroatoms. The molecule has 1 fully saturated rings. The van der Waals surface area contributed by atoms with E-state index in [1.54, 1.807) is 0 Å². The number of para-hydroxylation sites is 3. The monoisotopic (exact) mass is 350 g/mol. The van der Waals surface area contributed by atoms with Crippen molar-refractivity contribution in [2.45, 2.75) is 31.4 Å². The maximum atomic E-state index is 6.13. The molecule has 2 aromatic rings. The van der Waals surface area contributed by atoms with Crippen molar-refractivity contribution in [3.05, 3.63) is 54.1 Å². The number of rotatable bonds is 3. The molecule has 5 rings (SSSR count). The highest BCUT2D eigenvalue weighted by molar-refractivity contribution is 5.58. The highest BCUT2D eigenvalue weighted by Crippen LogP contribution is 2.33. The summed E-state index contributed by atoms with van der Waals surface area (Å²) < 4.78 is 12.0. The van der Waals surface area contributed by atoms with Gasteiger partial charge >= 0.3 is 0 Å². The molecule has 3 heterocycles. The van der Waals surface area contributed by atoms with E-state index in [0.717, 1.165) is 31.1 Å². The standard InChI is InChI=1S/C22H26N2O2/c1-2-6-20-17(5-1)9-14-24(20)18-10-12-23(13-11-18)15-19-16-25-21-7-3-4-8-22(21)26-19/h1-8,18-19H,9-16H2. The Morgan fingerprint density at radius 3 is 2.54 bits per heavy atom. The molecule has 1 unspecified atom stereocenters. The van der Waals surface area contributed by atoms with Crippen molar-refractivity contribution in [2.75, 3.05) is 37.7 Å². The molecule has 0 radical (unpaired) electrons. The van der Waals surface area contributed by atoms with Gasteiger partial charge in [0.25, 0.3) is 0 Å². The van der Waals surface area contributed by atoms with Crippen molar-refractivity contribution in [3.63, 3.8) is 0 Å². The van der Waals surface area contributed by atoms with E-state index in [9.17, 15) is 0 Å². The molecular formula is C22H26N2O2. The van der Waals surface area contributed by atoms with Crippen LogP contribution in [0.4, 0.5) is 5.69 Å². The largest absolute Gasteiger partial charge is 0.486 e. The topological polar surface area (TPSA) is 24.9 Å². The third kappa shape index (κ3) is 3.03. The van der Waals surface area contributed by atoms with Gasteiger partial charge in [-0.25, -0.2) is 0 Å². The lowest BCUT2D eigenvalue weighted by atomic mass is 10.0. The molecule has 136 valence electrons. The zero-order valence-corrected chi connectivity index (χ0v) is 15.1. The summed E-state index contributed by atoms with van der Waals surface area (Å²) in [5, 5.41) is 0. The first-order valence-corrected chi connectivity index (χ1v) is 9.82. The Labute approximate surface area is 155 Å². The molecule has 0 amide bonds. The summed E-state index contributed by atoms with van der Waals surface area (Å²) in [6, 6.07) is 17.6. The molecule has 2 aromatic carbocycles. The normalized spacial score (nSPS) is 23.1. The van der Waals surface area contributed by atoms with Gasteiger partial charge in [0.05, 0.1) is 0 Å². The van der Waals surface area contributed by atoms with Crippen molar-refractivity contribution in [1.82, 2.24) is 4.90 Å². The minimum absolute atomic E-state index is 0.133. The molecule has 0 bridgehead atoms. The maximum absolute atomic E-state index is 6.13. The zero-order chi connectivity index (χ0) is 17.3. The molecule has 1 atom stereocenters. The predicted octanol–water partition coefficient (Wildman–Crippen LogP) is 3.35. The molecule has 0 aromatic heterocycles. The second-order valence-electron chi connectivity index (χ2n) is 7.60. The zero-order valence-electron chi connectivity index (χ0n) is 15.1. The Hall–Kier alpha value is -2.20. The SMILES string of the molecule is c1ccc2c(c1)CCN2C1CCN(CC2COc3ccccc3O2)CC1. The molecule has 1 saturated heterocycles. The number of anilines is 1. The number of benzene rings is 2. The van der Waals surface area contributed by atoms with Crippen LogP contribution < -0.4 is 14.4 Å². The summed E-state index contributed by atoms with van der Waals surface area (Å²) in [6.07, 6.45) is 3.80. The van der Waals surface area contributed by atoms with Gasteiger partial charge in [0.2, 0.25) is 0 Å². The molecule has 0 saturated carbocycles. The van der Waals surface area contributed by atoms with Crippen LogP contribution in [0.2, 0.25) is 0 Å². The second-order valence-corrected chi connectivity index (χ2v) is 7.60. The highest BCUT2D eigenvalue weighted by Gasteiger charge is 2.30. The van der Waals surface area contributed by atoms with E-state index in [1.165, 1.54) is 37.1 Å². The van der Waals surface area contributed by atoms with E-state index in [1.807, 2.05) is 24.3 Å². The van der Waals surface area contributed by atoms with Gasteiger partial charge in [0.15, 0.2) is 11.5 Å². The number of piperidine rings is 1. The highest BCUT2D eigenvalue weighted by atomic mass is 16.6. The first kappa shape index (κ1) is 16.0. The first-order chi connectivity index (χ1) is 12.9. The fourth-order valence-electron chi connectivity index (χ4n) is 4.60. The van der Waals surface area contributed by atoms with Crippen molar-refractivity contribution in [2.24, 2.45) is 0 Å². The summed E-state index contributed by atoms with van der Waals surface area (Å²) in [6.45, 7) is 5.07. The van der Waals surface area contributed by atoms with E-state index in [2.05, 4.69) is 34.1 Å². The van der Waals surface area contributed by atoms with Crippen LogP contribution in [0.1, 0.15) is 18.4 Å². The van der Waals surface area contributed by atoms with Crippen LogP contribution in [-0.4, -0.2) is 49.8 Å². The Bertz CT molecular complexity index is 770. The minimum atomic E-state index is 0.133. The lowest BCUT2D eigenvalue weighted by Crippen LogP contribution is -2.48. The van der Waals surface area contributed by atoms with Crippen LogP contribution >= 0.6 is 0 Å². The fourth-order valence-corrected chi connectivity index (χ4v) is 4.60. The average molecular weight is 350 g/mol. The average Bonchev–Trinajstić information content (AvgIpc) is 3.13. The van der Waals surface area contributed by atoms with E-state index < -0.39 is 0 Å². The van der Waals surface area contributed by atoms with E-state index in [4.69, 9.17) is 9.47 Å². The van der Waals surface area contributed by atoms with Crippen molar-refractivity contribution in [1.29, 1.82) is 0 Å². The third-order valence-electron chi connectivity index (χ3n) is 5.95. The number of fused-ring (bicyclic) bond motifs is 2. The maximum Gasteiger partial charge on any atom is 0.161 e. The summed E-state index contributed by atoms with van der Waals surface area (Å²) in [5.41, 5.74) is 2.98. The molecule has 3 aliphatic rings. The van der Waals surface area contributed by atoms with E-state index in [-0.39, 0.29) is 6.10 Å². The van der Waals surface area contributed by atoms with Crippen LogP contribution in [0, 0.1) is 0 Å². The van der Waals surface area contributed by atoms with Gasteiger partial charge in [0, 0.05) is 37.9 Å². The molecule has 26 heavy (non-hydrogen) atoms. The van der Waals surface area contributed by atoms with Crippen molar-refractivity contribution < 1.29 is 9.47 Å². The molecular weight excluding hydrogens is 324 g/mol. The van der Waals surface area contributed by atoms with E-state index >= 15 is 0 Å². The molecule has 0 N–H and O–H groups in total. The second kappa shape index (κ2) is 6.84. The van der Waals surface area contributed by atoms with Gasteiger partial charge in [-0.2, -0.15) is 0 Å². The Morgan fingerprint density at radius 1 is 0.885 bits per heavy atom. The Balaban J connectivity index is 1.16. The summed E-state index contributed by atoms with van der Waals surface area (Å²) in [7, 11) is 0. The first-order valence-electron chi connectivity index (χ1n) is 9.82. The lowest BCUT2D eigenvalue weighted by molar-refractivity contribution is 0.0514. The van der Waals surface area contributed by atoms with Crippen LogP contribution in [-0.2, 0) is 6.42 Å². The van der Waals surface area contributed by atoms with Gasteiger partial charge in [-0.05, 0) is 43.0 Å². The van der Waals surface area contributed by atoms with Crippen LogP contribution in [0.5, 0.6) is 11.5 Å². The van der Waals surface area contributed by atoms with Gasteiger partial charge in [0.1, 0.15) is 12.7 Å². The van der Waals surface area contributed by atoms with E-state index in [0.29, 0.717) is 12.6 Å². The van der Waals surface area contributed by atoms with Gasteiger partial charge in [-0.1, -0.05) is 30.3 Å². The lowest BCUT2D eigenvalue weighted by Gasteiger charge is -2.39. The summed E-state index contributed by atoms with van der Waals surface area (Å²) >= 11 is 0. The smallest absolute Gasteiger partial charge is 0.161 e. The fraction of sp³-hybridized carbons (Fsp3) is 0.455. The van der Waals surface area contributed by atoms with Crippen LogP contribution in [0.15, 0.2) is 48.5 Å². The summed E-state index contributed by atoms with van der Waals surface area (Å²) in [5.74, 6) is 1.75. The van der Waals surface area contributed by atoms with Gasteiger partial charge < -0.3 is 14.4 Å². The number of likely N-dealkylation sites (tertiary alicyclic amines) is 1. The Kier molecular flexibility index (Phi) is 4.21. The van der Waals surface area contributed by atoms with Gasteiger partial charge in [-0.15, -0.1) is 0 Å². The number of ether oxygens (including phenoxy) is 2. The molecule has 0 spiro atoms. The molecule has 3 aliphatic heterocycles. The number of nitrogens with zero attached hydrogens (tertiary/aromatic N) is 2. The summed E-state index contributed by atoms with van der Waals surface area (Å²) in [4.78, 5) is 5.18. The van der Waals surface area contributed by atoms with Crippen molar-refractivity contribution >= 4 is 5.69 Å². The quantitative estimate of drug-likeness (QED) is 0.848.